The van der Waals surface area contributed by atoms with Gasteiger partial charge in [-0.25, -0.2) is 4.98 Å². The maximum atomic E-state index is 5.08. The molecule has 2 aromatic rings. The first-order valence-corrected chi connectivity index (χ1v) is 4.69. The lowest BCUT2D eigenvalue weighted by Gasteiger charge is -2.04. The van der Waals surface area contributed by atoms with Gasteiger partial charge in [0.25, 0.3) is 0 Å². The first-order chi connectivity index (χ1) is 6.77. The van der Waals surface area contributed by atoms with Crippen LogP contribution in [0.1, 0.15) is 25.3 Å². The molecule has 1 heterocycles. The van der Waals surface area contributed by atoms with Crippen molar-refractivity contribution >= 4 is 0 Å². The van der Waals surface area contributed by atoms with Crippen molar-refractivity contribution in [2.24, 2.45) is 0 Å². The van der Waals surface area contributed by atoms with Gasteiger partial charge >= 0.3 is 0 Å². The molecule has 1 radical (unpaired) electrons. The predicted molar refractivity (Wildman–Crippen MR) is 54.9 cm³/mol. The molecular formula is C12H12NO. The van der Waals surface area contributed by atoms with Gasteiger partial charge in [-0.05, 0) is 23.6 Å². The Balaban J connectivity index is 2.31. The van der Waals surface area contributed by atoms with Gasteiger partial charge in [-0.2, -0.15) is 0 Å². The standard InChI is InChI=1S/C12H12NO/c1-9(2)10-3-5-11(6-4-10)12-13-7-8-14-12/h3-7,9H,1-2H3. The van der Waals surface area contributed by atoms with Crippen LogP contribution < -0.4 is 0 Å². The summed E-state index contributed by atoms with van der Waals surface area (Å²) in [4.78, 5) is 4.04. The highest BCUT2D eigenvalue weighted by Crippen LogP contribution is 2.20. The van der Waals surface area contributed by atoms with Crippen LogP contribution in [0, 0.1) is 6.26 Å². The second-order valence-corrected chi connectivity index (χ2v) is 3.56. The molecule has 0 fully saturated rings. The maximum Gasteiger partial charge on any atom is 0.226 e. The van der Waals surface area contributed by atoms with Gasteiger partial charge in [-0.1, -0.05) is 26.0 Å². The summed E-state index contributed by atoms with van der Waals surface area (Å²) in [5.74, 6) is 1.18. The molecule has 0 unspecified atom stereocenters. The van der Waals surface area contributed by atoms with Crippen LogP contribution in [-0.4, -0.2) is 4.98 Å². The summed E-state index contributed by atoms with van der Waals surface area (Å²) in [5, 5.41) is 0. The molecular weight excluding hydrogens is 174 g/mol. The van der Waals surface area contributed by atoms with Gasteiger partial charge in [-0.15, -0.1) is 0 Å². The van der Waals surface area contributed by atoms with Gasteiger partial charge < -0.3 is 4.42 Å². The fourth-order valence-electron chi connectivity index (χ4n) is 1.34. The van der Waals surface area contributed by atoms with E-state index in [1.165, 1.54) is 11.8 Å². The Labute approximate surface area is 83.6 Å². The van der Waals surface area contributed by atoms with Crippen LogP contribution in [0.25, 0.3) is 11.5 Å². The van der Waals surface area contributed by atoms with Crippen molar-refractivity contribution in [3.63, 3.8) is 0 Å². The van der Waals surface area contributed by atoms with E-state index in [0.29, 0.717) is 11.8 Å². The minimum Gasteiger partial charge on any atom is -0.433 e. The lowest BCUT2D eigenvalue weighted by molar-refractivity contribution is 0.566. The van der Waals surface area contributed by atoms with E-state index in [-0.39, 0.29) is 0 Å². The van der Waals surface area contributed by atoms with Crippen molar-refractivity contribution in [3.05, 3.63) is 42.3 Å². The van der Waals surface area contributed by atoms with Crippen molar-refractivity contribution in [2.75, 3.05) is 0 Å². The zero-order valence-electron chi connectivity index (χ0n) is 8.32. The molecule has 0 amide bonds. The molecule has 0 saturated heterocycles. The fraction of sp³-hybridized carbons (Fsp3) is 0.250. The van der Waals surface area contributed by atoms with E-state index >= 15 is 0 Å². The monoisotopic (exact) mass is 186 g/mol. The van der Waals surface area contributed by atoms with Crippen LogP contribution in [0.3, 0.4) is 0 Å². The van der Waals surface area contributed by atoms with Gasteiger partial charge in [0.2, 0.25) is 5.89 Å². The second kappa shape index (κ2) is 3.66. The van der Waals surface area contributed by atoms with Crippen molar-refractivity contribution in [1.82, 2.24) is 4.98 Å². The van der Waals surface area contributed by atoms with Crippen LogP contribution in [0.4, 0.5) is 0 Å². The smallest absolute Gasteiger partial charge is 0.226 e. The van der Waals surface area contributed by atoms with Gasteiger partial charge in [0.15, 0.2) is 6.26 Å². The number of hydrogen-bond donors (Lipinski definition) is 0. The Kier molecular flexibility index (Phi) is 2.35. The van der Waals surface area contributed by atoms with Crippen molar-refractivity contribution < 1.29 is 4.42 Å². The lowest BCUT2D eigenvalue weighted by Crippen LogP contribution is -1.86. The average molecular weight is 186 g/mol. The molecule has 2 heteroatoms. The van der Waals surface area contributed by atoms with Gasteiger partial charge in [0.1, 0.15) is 0 Å². The summed E-state index contributed by atoms with van der Waals surface area (Å²) in [6.07, 6.45) is 4.11. The van der Waals surface area contributed by atoms with E-state index in [4.69, 9.17) is 4.42 Å². The molecule has 1 aromatic carbocycles. The van der Waals surface area contributed by atoms with Crippen molar-refractivity contribution in [2.45, 2.75) is 19.8 Å². The van der Waals surface area contributed by atoms with Gasteiger partial charge in [-0.3, -0.25) is 0 Å². The minimum absolute atomic E-state index is 0.556. The van der Waals surface area contributed by atoms with Crippen molar-refractivity contribution in [3.8, 4) is 11.5 Å². The quantitative estimate of drug-likeness (QED) is 0.719. The summed E-state index contributed by atoms with van der Waals surface area (Å²) >= 11 is 0. The summed E-state index contributed by atoms with van der Waals surface area (Å²) in [6, 6.07) is 8.25. The minimum atomic E-state index is 0.556. The first kappa shape index (κ1) is 9.00. The number of rotatable bonds is 2. The highest BCUT2D eigenvalue weighted by molar-refractivity contribution is 5.53. The SMILES string of the molecule is CC(C)c1ccc(-c2nc[c]o2)cc1. The van der Waals surface area contributed by atoms with Crippen LogP contribution in [0.15, 0.2) is 34.9 Å². The van der Waals surface area contributed by atoms with Crippen LogP contribution in [0.5, 0.6) is 0 Å². The normalized spacial score (nSPS) is 10.8. The predicted octanol–water partition coefficient (Wildman–Crippen LogP) is 3.27. The summed E-state index contributed by atoms with van der Waals surface area (Å²) in [6.45, 7) is 4.35. The van der Waals surface area contributed by atoms with Crippen LogP contribution in [0.2, 0.25) is 0 Å². The molecule has 0 aliphatic heterocycles. The summed E-state index contributed by atoms with van der Waals surface area (Å²) in [7, 11) is 0. The molecule has 2 rings (SSSR count). The molecule has 1 aromatic heterocycles. The molecule has 71 valence electrons. The highest BCUT2D eigenvalue weighted by atomic mass is 16.3. The van der Waals surface area contributed by atoms with E-state index < -0.39 is 0 Å². The summed E-state index contributed by atoms with van der Waals surface area (Å²) < 4.78 is 5.08. The van der Waals surface area contributed by atoms with Crippen LogP contribution in [-0.2, 0) is 0 Å². The lowest BCUT2D eigenvalue weighted by atomic mass is 10.0. The zero-order valence-corrected chi connectivity index (χ0v) is 8.32. The Bertz CT molecular complexity index is 387. The number of aromatic nitrogens is 1. The average Bonchev–Trinajstić information content (AvgIpc) is 2.71. The van der Waals surface area contributed by atoms with Gasteiger partial charge in [0, 0.05) is 5.56 Å². The Morgan fingerprint density at radius 1 is 1.21 bits per heavy atom. The number of benzene rings is 1. The Morgan fingerprint density at radius 2 is 1.93 bits per heavy atom. The maximum absolute atomic E-state index is 5.08. The van der Waals surface area contributed by atoms with E-state index in [0.717, 1.165) is 5.56 Å². The Hall–Kier alpha value is -1.57. The van der Waals surface area contributed by atoms with Crippen molar-refractivity contribution in [1.29, 1.82) is 0 Å². The first-order valence-electron chi connectivity index (χ1n) is 4.69. The van der Waals surface area contributed by atoms with Gasteiger partial charge in [0.05, 0.1) is 6.20 Å². The van der Waals surface area contributed by atoms with E-state index in [2.05, 4.69) is 37.2 Å². The van der Waals surface area contributed by atoms with E-state index in [1.807, 2.05) is 12.1 Å². The number of nitrogens with zero attached hydrogens (tertiary/aromatic N) is 1. The highest BCUT2D eigenvalue weighted by Gasteiger charge is 2.03. The third kappa shape index (κ3) is 1.69. The molecule has 0 aliphatic carbocycles. The largest absolute Gasteiger partial charge is 0.433 e. The second-order valence-electron chi connectivity index (χ2n) is 3.56. The molecule has 2 nitrogen and oxygen atoms in total. The third-order valence-electron chi connectivity index (χ3n) is 2.21. The molecule has 0 spiro atoms. The molecule has 14 heavy (non-hydrogen) atoms. The zero-order chi connectivity index (χ0) is 9.97. The third-order valence-corrected chi connectivity index (χ3v) is 2.21. The fourth-order valence-corrected chi connectivity index (χ4v) is 1.34. The van der Waals surface area contributed by atoms with E-state index in [1.54, 1.807) is 0 Å². The van der Waals surface area contributed by atoms with Crippen LogP contribution >= 0.6 is 0 Å². The number of hydrogen-bond acceptors (Lipinski definition) is 2. The topological polar surface area (TPSA) is 26.0 Å². The molecule has 0 atom stereocenters. The Morgan fingerprint density at radius 3 is 2.43 bits per heavy atom. The molecule has 0 aliphatic rings. The number of oxazole rings is 1. The summed E-state index contributed by atoms with van der Waals surface area (Å²) in [5.41, 5.74) is 2.32. The van der Waals surface area contributed by atoms with E-state index in [9.17, 15) is 0 Å². The molecule has 0 N–H and O–H groups in total. The molecule has 0 saturated carbocycles. The molecule has 0 bridgehead atoms.